The molecule has 6 atom stereocenters. The Kier molecular flexibility index (Phi) is 9.64. The van der Waals surface area contributed by atoms with Gasteiger partial charge in [-0.1, -0.05) is 76.6 Å². The normalized spacial score (nSPS) is 22.9. The fraction of sp³-hybridized carbons (Fsp3) is 0.310. The van der Waals surface area contributed by atoms with E-state index in [1.54, 1.807) is 60.7 Å². The highest BCUT2D eigenvalue weighted by molar-refractivity contribution is 9.11. The molecule has 216 valence electrons. The number of carbonyl (C=O) groups excluding carboxylic acids is 2. The van der Waals surface area contributed by atoms with Crippen molar-refractivity contribution in [1.29, 1.82) is 0 Å². The van der Waals surface area contributed by atoms with Crippen molar-refractivity contribution in [3.63, 3.8) is 0 Å². The van der Waals surface area contributed by atoms with Crippen LogP contribution in [0.1, 0.15) is 29.3 Å². The van der Waals surface area contributed by atoms with E-state index in [2.05, 4.69) is 20.9 Å². The molecule has 5 N–H and O–H groups in total. The van der Waals surface area contributed by atoms with Crippen molar-refractivity contribution in [2.75, 3.05) is 0 Å². The number of hydrogen-bond acceptors (Lipinski definition) is 9. The number of Topliss-reactive ketones (excluding diaryl/α,β-unsaturated/α-hetero) is 2. The summed E-state index contributed by atoms with van der Waals surface area (Å²) < 4.78 is 6.67. The summed E-state index contributed by atoms with van der Waals surface area (Å²) in [5.41, 5.74) is -3.08. The number of aromatic amines is 1. The van der Waals surface area contributed by atoms with E-state index in [0.717, 1.165) is 10.8 Å². The Labute approximate surface area is 242 Å². The summed E-state index contributed by atoms with van der Waals surface area (Å²) in [6.07, 6.45) is -7.58. The van der Waals surface area contributed by atoms with Crippen LogP contribution in [0.5, 0.6) is 0 Å². The zero-order valence-electron chi connectivity index (χ0n) is 21.7. The highest BCUT2D eigenvalue weighted by Gasteiger charge is 2.59. The van der Waals surface area contributed by atoms with Gasteiger partial charge in [0.05, 0.1) is 5.56 Å². The van der Waals surface area contributed by atoms with E-state index in [1.165, 1.54) is 11.1 Å². The summed E-state index contributed by atoms with van der Waals surface area (Å²) in [5, 5.41) is 44.1. The molecule has 2 heterocycles. The number of nitrogens with zero attached hydrogens (tertiary/aromatic N) is 1. The number of carbonyl (C=O) groups is 2. The molecule has 0 spiro atoms. The molecule has 0 radical (unpaired) electrons. The summed E-state index contributed by atoms with van der Waals surface area (Å²) in [7, 11) is 0. The SMILES string of the molecule is O=C(C(O)[C@H]1O[C@@H](n2cc(/C=C/Br)c(=O)[nH]c2=O)C[C@@]1(O)C(=O)[C@@H](O)Cc1ccccc1)[C@@H](O)Cc1ccccc1. The summed E-state index contributed by atoms with van der Waals surface area (Å²) in [4.78, 5) is 54.9. The average molecular weight is 629 g/mol. The molecule has 4 rings (SSSR count). The first kappa shape index (κ1) is 30.4. The molecule has 3 aromatic rings. The van der Waals surface area contributed by atoms with Crippen LogP contribution in [-0.4, -0.2) is 71.6 Å². The molecule has 0 bridgehead atoms. The van der Waals surface area contributed by atoms with E-state index in [1.807, 2.05) is 0 Å². The lowest BCUT2D eigenvalue weighted by Gasteiger charge is -2.31. The molecule has 2 aromatic carbocycles. The van der Waals surface area contributed by atoms with Gasteiger partial charge in [0.2, 0.25) is 0 Å². The van der Waals surface area contributed by atoms with Crippen LogP contribution in [0.2, 0.25) is 0 Å². The van der Waals surface area contributed by atoms with E-state index in [-0.39, 0.29) is 18.4 Å². The van der Waals surface area contributed by atoms with Gasteiger partial charge in [0, 0.05) is 25.5 Å². The molecule has 12 heteroatoms. The Balaban J connectivity index is 1.67. The zero-order chi connectivity index (χ0) is 29.7. The number of ether oxygens (including phenoxy) is 1. The van der Waals surface area contributed by atoms with Crippen molar-refractivity contribution in [3.05, 3.63) is 109 Å². The van der Waals surface area contributed by atoms with Gasteiger partial charge in [-0.3, -0.25) is 23.9 Å². The number of hydrogen-bond donors (Lipinski definition) is 5. The van der Waals surface area contributed by atoms with Gasteiger partial charge in [-0.25, -0.2) is 4.79 Å². The first-order chi connectivity index (χ1) is 19.5. The Morgan fingerprint density at radius 2 is 1.56 bits per heavy atom. The maximum atomic E-state index is 13.5. The molecule has 1 aliphatic rings. The molecule has 1 fully saturated rings. The Morgan fingerprint density at radius 3 is 2.12 bits per heavy atom. The minimum absolute atomic E-state index is 0.0300. The predicted molar refractivity (Wildman–Crippen MR) is 151 cm³/mol. The van der Waals surface area contributed by atoms with Crippen molar-refractivity contribution in [2.24, 2.45) is 0 Å². The van der Waals surface area contributed by atoms with Crippen molar-refractivity contribution in [1.82, 2.24) is 9.55 Å². The third-order valence-electron chi connectivity index (χ3n) is 6.99. The number of halogens is 1. The van der Waals surface area contributed by atoms with Gasteiger partial charge in [0.25, 0.3) is 5.56 Å². The first-order valence-electron chi connectivity index (χ1n) is 12.7. The van der Waals surface area contributed by atoms with Gasteiger partial charge in [-0.15, -0.1) is 0 Å². The van der Waals surface area contributed by atoms with Gasteiger partial charge in [0.15, 0.2) is 17.2 Å². The van der Waals surface area contributed by atoms with Crippen molar-refractivity contribution < 1.29 is 34.8 Å². The monoisotopic (exact) mass is 628 g/mol. The number of aliphatic hydroxyl groups excluding tert-OH is 3. The predicted octanol–water partition coefficient (Wildman–Crippen LogP) is 0.627. The fourth-order valence-electron chi connectivity index (χ4n) is 4.86. The molecular formula is C29H29BrN2O9. The highest BCUT2D eigenvalue weighted by atomic mass is 79.9. The average Bonchev–Trinajstić information content (AvgIpc) is 3.32. The van der Waals surface area contributed by atoms with E-state index in [4.69, 9.17) is 4.74 Å². The summed E-state index contributed by atoms with van der Waals surface area (Å²) in [6, 6.07) is 17.0. The van der Waals surface area contributed by atoms with E-state index in [9.17, 15) is 39.6 Å². The molecule has 1 aromatic heterocycles. The van der Waals surface area contributed by atoms with E-state index in [0.29, 0.717) is 11.1 Å². The van der Waals surface area contributed by atoms with Crippen molar-refractivity contribution >= 4 is 33.6 Å². The van der Waals surface area contributed by atoms with E-state index >= 15 is 0 Å². The van der Waals surface area contributed by atoms with E-state index < -0.39 is 65.5 Å². The second-order valence-electron chi connectivity index (χ2n) is 9.81. The standard InChI is InChI=1S/C29H29BrN2O9/c30-12-11-19-16-32(28(39)31-27(19)38)22-15-29(40,25(37)21(34)14-18-9-5-2-6-10-18)26(41-22)24(36)23(35)20(33)13-17-7-3-1-4-8-17/h1-12,16,20-22,24,26,33-34,36,40H,13-15H2,(H,31,38,39)/b12-11+/t20-,21-,22+,24?,26+,29+/m0/s1. The van der Waals surface area contributed by atoms with Crippen LogP contribution in [0.3, 0.4) is 0 Å². The minimum atomic E-state index is -2.65. The Hall–Kier alpha value is -3.52. The third-order valence-corrected chi connectivity index (χ3v) is 7.25. The molecule has 1 unspecified atom stereocenters. The van der Waals surface area contributed by atoms with Crippen LogP contribution >= 0.6 is 15.9 Å². The maximum absolute atomic E-state index is 13.5. The number of nitrogens with one attached hydrogen (secondary N) is 1. The molecular weight excluding hydrogens is 600 g/mol. The van der Waals surface area contributed by atoms with Gasteiger partial charge >= 0.3 is 5.69 Å². The topological polar surface area (TPSA) is 179 Å². The number of H-pyrrole nitrogens is 1. The lowest BCUT2D eigenvalue weighted by Crippen LogP contribution is -2.58. The zero-order valence-corrected chi connectivity index (χ0v) is 23.3. The summed E-state index contributed by atoms with van der Waals surface area (Å²) in [6.45, 7) is 0. The second kappa shape index (κ2) is 13.0. The molecule has 0 amide bonds. The largest absolute Gasteiger partial charge is 0.385 e. The van der Waals surface area contributed by atoms with Crippen LogP contribution in [0.15, 0.2) is 81.4 Å². The Morgan fingerprint density at radius 1 is 1.00 bits per heavy atom. The molecule has 0 saturated carbocycles. The number of ketones is 2. The minimum Gasteiger partial charge on any atom is -0.385 e. The lowest BCUT2D eigenvalue weighted by atomic mass is 9.81. The number of benzene rings is 2. The van der Waals surface area contributed by atoms with Gasteiger partial charge < -0.3 is 25.2 Å². The van der Waals surface area contributed by atoms with Gasteiger partial charge in [-0.05, 0) is 22.2 Å². The van der Waals surface area contributed by atoms with Crippen LogP contribution < -0.4 is 11.2 Å². The summed E-state index contributed by atoms with van der Waals surface area (Å²) in [5.74, 6) is -2.27. The highest BCUT2D eigenvalue weighted by Crippen LogP contribution is 2.40. The molecule has 11 nitrogen and oxygen atoms in total. The third kappa shape index (κ3) is 6.70. The lowest BCUT2D eigenvalue weighted by molar-refractivity contribution is -0.169. The van der Waals surface area contributed by atoms with Crippen LogP contribution in [0.25, 0.3) is 6.08 Å². The molecule has 41 heavy (non-hydrogen) atoms. The first-order valence-corrected chi connectivity index (χ1v) is 13.7. The van der Waals surface area contributed by atoms with Crippen LogP contribution in [0, 0.1) is 0 Å². The number of aliphatic hydroxyl groups is 4. The molecule has 1 saturated heterocycles. The van der Waals surface area contributed by atoms with Gasteiger partial charge in [0.1, 0.15) is 30.6 Å². The fourth-order valence-corrected chi connectivity index (χ4v) is 5.14. The van der Waals surface area contributed by atoms with Crippen molar-refractivity contribution in [2.45, 2.75) is 55.5 Å². The van der Waals surface area contributed by atoms with Crippen LogP contribution in [-0.2, 0) is 27.2 Å². The van der Waals surface area contributed by atoms with Gasteiger partial charge in [-0.2, -0.15) is 0 Å². The maximum Gasteiger partial charge on any atom is 0.330 e. The number of aromatic nitrogens is 2. The molecule has 0 aliphatic carbocycles. The quantitative estimate of drug-likeness (QED) is 0.203. The Bertz CT molecular complexity index is 1520. The summed E-state index contributed by atoms with van der Waals surface area (Å²) >= 11 is 3.05. The van der Waals surface area contributed by atoms with Crippen LogP contribution in [0.4, 0.5) is 0 Å². The smallest absolute Gasteiger partial charge is 0.330 e. The number of rotatable bonds is 11. The van der Waals surface area contributed by atoms with Crippen molar-refractivity contribution in [3.8, 4) is 0 Å². The molecule has 1 aliphatic heterocycles. The second-order valence-corrected chi connectivity index (χ2v) is 10.3.